The highest BCUT2D eigenvalue weighted by Crippen LogP contribution is 2.34. The molecule has 0 radical (unpaired) electrons. The molecule has 0 N–H and O–H groups in total. The number of methoxy groups -OCH3 is 1. The molecule has 2 rings (SSSR count). The molecule has 1 aliphatic carbocycles. The Morgan fingerprint density at radius 2 is 2.12 bits per heavy atom. The summed E-state index contributed by atoms with van der Waals surface area (Å²) >= 11 is 0. The molecular formula is C13H15NO2. The molecule has 0 aromatic rings. The summed E-state index contributed by atoms with van der Waals surface area (Å²) in [6.45, 7) is 0.231. The van der Waals surface area contributed by atoms with E-state index < -0.39 is 5.97 Å². The predicted molar refractivity (Wildman–Crippen MR) is 62.8 cm³/mol. The molecule has 0 saturated carbocycles. The van der Waals surface area contributed by atoms with Gasteiger partial charge in [-0.1, -0.05) is 6.07 Å². The van der Waals surface area contributed by atoms with Crippen molar-refractivity contribution in [2.45, 2.75) is 13.8 Å². The number of hydrogen-bond donors (Lipinski definition) is 0. The van der Waals surface area contributed by atoms with Crippen LogP contribution in [0.15, 0.2) is 18.5 Å². The number of fused-ring (bicyclic) bond motifs is 1. The fourth-order valence-electron chi connectivity index (χ4n) is 1.93. The molecule has 84 valence electrons. The molecule has 0 atom stereocenters. The quantitative estimate of drug-likeness (QED) is 0.690. The molecule has 1 aliphatic heterocycles. The van der Waals surface area contributed by atoms with Crippen LogP contribution in [0, 0.1) is 13.8 Å². The van der Waals surface area contributed by atoms with Crippen molar-refractivity contribution in [2.24, 2.45) is 7.05 Å². The molecule has 0 aromatic carbocycles. The molecule has 0 fully saturated rings. The predicted octanol–water partition coefficient (Wildman–Crippen LogP) is 2.53. The Labute approximate surface area is 97.8 Å². The Hall–Kier alpha value is -1.77. The Kier molecular flexibility index (Phi) is 1.92. The fraction of sp³-hybridized carbons (Fsp3) is 0.308. The maximum absolute atomic E-state index is 11.8. The van der Waals surface area contributed by atoms with Crippen molar-refractivity contribution in [3.8, 4) is 11.1 Å². The van der Waals surface area contributed by atoms with E-state index in [-0.39, 0.29) is 13.8 Å². The van der Waals surface area contributed by atoms with Gasteiger partial charge in [0.05, 0.1) is 12.7 Å². The molecule has 0 saturated heterocycles. The van der Waals surface area contributed by atoms with Gasteiger partial charge in [-0.25, -0.2) is 4.79 Å². The summed E-state index contributed by atoms with van der Waals surface area (Å²) in [4.78, 5) is 11.8. The van der Waals surface area contributed by atoms with E-state index in [2.05, 4.69) is 0 Å². The second-order valence-electron chi connectivity index (χ2n) is 3.81. The zero-order valence-corrected chi connectivity index (χ0v) is 9.41. The summed E-state index contributed by atoms with van der Waals surface area (Å²) < 4.78 is 21.6. The highest BCUT2D eigenvalue weighted by atomic mass is 16.5. The first kappa shape index (κ1) is 8.39. The average molecular weight is 219 g/mol. The summed E-state index contributed by atoms with van der Waals surface area (Å²) in [6, 6.07) is 1.83. The second kappa shape index (κ2) is 3.67. The Bertz CT molecular complexity index is 563. The molecule has 0 spiro atoms. The molecule has 0 aromatic heterocycles. The number of esters is 1. The van der Waals surface area contributed by atoms with Gasteiger partial charge < -0.3 is 9.30 Å². The number of carbonyl (C=O) groups excluding carboxylic acids is 1. The van der Waals surface area contributed by atoms with E-state index in [0.29, 0.717) is 5.56 Å². The van der Waals surface area contributed by atoms with E-state index >= 15 is 0 Å². The molecule has 0 amide bonds. The zero-order chi connectivity index (χ0) is 13.3. The lowest BCUT2D eigenvalue weighted by atomic mass is 10.0. The molecule has 1 heterocycles. The molecule has 3 nitrogen and oxygen atoms in total. The third-order valence-electron chi connectivity index (χ3n) is 2.62. The number of ether oxygens (including phenoxy) is 1. The Balaban J connectivity index is 2.76. The van der Waals surface area contributed by atoms with Crippen molar-refractivity contribution in [3.05, 3.63) is 35.2 Å². The second-order valence-corrected chi connectivity index (χ2v) is 3.81. The molecule has 0 unspecified atom stereocenters. The van der Waals surface area contributed by atoms with Crippen LogP contribution in [0.5, 0.6) is 0 Å². The monoisotopic (exact) mass is 219 g/mol. The molecule has 0 bridgehead atoms. The molecule has 3 heteroatoms. The van der Waals surface area contributed by atoms with E-state index in [0.717, 1.165) is 22.3 Å². The van der Waals surface area contributed by atoms with Crippen molar-refractivity contribution < 1.29 is 12.3 Å². The highest BCUT2D eigenvalue weighted by molar-refractivity contribution is 5.99. The molecular weight excluding hydrogens is 202 g/mol. The number of nitrogens with zero attached hydrogens (tertiary/aromatic N) is 1. The largest absolute Gasteiger partial charge is 0.465 e. The molecule has 2 aliphatic rings. The van der Waals surface area contributed by atoms with Crippen molar-refractivity contribution in [1.29, 1.82) is 0 Å². The van der Waals surface area contributed by atoms with Crippen LogP contribution in [0.25, 0.3) is 11.1 Å². The van der Waals surface area contributed by atoms with Crippen molar-refractivity contribution in [1.82, 2.24) is 4.57 Å². The number of aromatic nitrogens is 1. The van der Waals surface area contributed by atoms with Gasteiger partial charge in [0.15, 0.2) is 0 Å². The van der Waals surface area contributed by atoms with Crippen molar-refractivity contribution >= 4 is 5.97 Å². The number of aryl methyl sites for hydroxylation is 3. The van der Waals surface area contributed by atoms with Crippen molar-refractivity contribution in [2.75, 3.05) is 7.11 Å². The average Bonchev–Trinajstić information content (AvgIpc) is 2.74. The minimum absolute atomic E-state index is 0.0915. The summed E-state index contributed by atoms with van der Waals surface area (Å²) in [6.07, 6.45) is 3.58. The van der Waals surface area contributed by atoms with Gasteiger partial charge in [0.2, 0.25) is 0 Å². The number of hydrogen-bond acceptors (Lipinski definition) is 2. The third-order valence-corrected chi connectivity index (χ3v) is 2.62. The minimum atomic E-state index is -0.409. The maximum Gasteiger partial charge on any atom is 0.339 e. The Morgan fingerprint density at radius 1 is 1.38 bits per heavy atom. The summed E-state index contributed by atoms with van der Waals surface area (Å²) in [5.74, 6) is -0.409. The minimum Gasteiger partial charge on any atom is -0.465 e. The summed E-state index contributed by atoms with van der Waals surface area (Å²) in [5, 5.41) is 0. The lowest BCUT2D eigenvalue weighted by Gasteiger charge is -2.11. The lowest BCUT2D eigenvalue weighted by Crippen LogP contribution is -2.07. The Morgan fingerprint density at radius 3 is 2.75 bits per heavy atom. The van der Waals surface area contributed by atoms with Gasteiger partial charge in [0, 0.05) is 33.3 Å². The van der Waals surface area contributed by atoms with Crippen LogP contribution in [-0.4, -0.2) is 17.6 Å². The van der Waals surface area contributed by atoms with Crippen LogP contribution >= 0.6 is 0 Å². The van der Waals surface area contributed by atoms with E-state index in [1.807, 2.05) is 19.3 Å². The third kappa shape index (κ3) is 1.48. The van der Waals surface area contributed by atoms with Crippen LogP contribution < -0.4 is 0 Å². The number of pyridine rings is 1. The first-order chi connectivity index (χ1) is 8.62. The first-order valence-electron chi connectivity index (χ1n) is 6.31. The van der Waals surface area contributed by atoms with E-state index in [1.165, 1.54) is 7.11 Å². The van der Waals surface area contributed by atoms with Crippen LogP contribution in [0.4, 0.5) is 0 Å². The van der Waals surface area contributed by atoms with Gasteiger partial charge in [-0.3, -0.25) is 0 Å². The number of carbonyl (C=O) groups is 1. The van der Waals surface area contributed by atoms with Crippen LogP contribution in [0.2, 0.25) is 0 Å². The maximum atomic E-state index is 11.8. The van der Waals surface area contributed by atoms with Crippen molar-refractivity contribution in [3.63, 3.8) is 0 Å². The van der Waals surface area contributed by atoms with Crippen LogP contribution in [0.1, 0.15) is 24.2 Å². The van der Waals surface area contributed by atoms with E-state index in [1.54, 1.807) is 10.8 Å². The van der Waals surface area contributed by atoms with Gasteiger partial charge in [-0.2, -0.15) is 0 Å². The summed E-state index contributed by atoms with van der Waals surface area (Å²) in [7, 11) is 3.17. The standard InChI is InChI=1S/C13H15NO2/c1-8-5-9(2)12-10(8)6-14(3)7-11(12)13(15)16-4/h5-7H,1-4H3/i1D,2D. The SMILES string of the molecule is [2H]Cc1cc(C[2H])c2c(C(=O)OC)cn(C)cc1-2. The van der Waals surface area contributed by atoms with Crippen LogP contribution in [-0.2, 0) is 11.8 Å². The van der Waals surface area contributed by atoms with Gasteiger partial charge in [-0.05, 0) is 24.9 Å². The van der Waals surface area contributed by atoms with E-state index in [9.17, 15) is 4.79 Å². The summed E-state index contributed by atoms with van der Waals surface area (Å²) in [5.41, 5.74) is 3.68. The van der Waals surface area contributed by atoms with Crippen LogP contribution in [0.3, 0.4) is 0 Å². The molecule has 16 heavy (non-hydrogen) atoms. The zero-order valence-electron chi connectivity index (χ0n) is 11.4. The van der Waals surface area contributed by atoms with Gasteiger partial charge in [-0.15, -0.1) is 0 Å². The topological polar surface area (TPSA) is 31.2 Å². The normalized spacial score (nSPS) is 12.4. The van der Waals surface area contributed by atoms with E-state index in [4.69, 9.17) is 7.48 Å². The van der Waals surface area contributed by atoms with Gasteiger partial charge in [0.25, 0.3) is 0 Å². The highest BCUT2D eigenvalue weighted by Gasteiger charge is 2.20. The smallest absolute Gasteiger partial charge is 0.339 e. The van der Waals surface area contributed by atoms with Gasteiger partial charge in [0.1, 0.15) is 0 Å². The first-order valence-corrected chi connectivity index (χ1v) is 4.89. The number of rotatable bonds is 1. The van der Waals surface area contributed by atoms with Gasteiger partial charge >= 0.3 is 5.97 Å². The fourth-order valence-corrected chi connectivity index (χ4v) is 1.93. The lowest BCUT2D eigenvalue weighted by molar-refractivity contribution is 0.0600.